The van der Waals surface area contributed by atoms with Crippen molar-refractivity contribution >= 4 is 17.9 Å². The number of esters is 2. The summed E-state index contributed by atoms with van der Waals surface area (Å²) in [5.74, 6) is -0.518. The third-order valence-corrected chi connectivity index (χ3v) is 9.65. The molecule has 168 valence electrons. The number of carbonyl (C=O) groups is 3. The molecular weight excluding hydrogens is 384 g/mol. The number of carboxylic acids is 1. The number of aliphatic carboxylic acids is 1. The topological polar surface area (TPSA) is 89.9 Å². The summed E-state index contributed by atoms with van der Waals surface area (Å²) in [5, 5.41) is 10.1. The van der Waals surface area contributed by atoms with Crippen LogP contribution in [0.3, 0.4) is 0 Å². The van der Waals surface area contributed by atoms with E-state index < -0.39 is 17.0 Å². The number of carboxylic acid groups (broad SMARTS) is 1. The summed E-state index contributed by atoms with van der Waals surface area (Å²) in [7, 11) is 0. The van der Waals surface area contributed by atoms with E-state index >= 15 is 0 Å². The van der Waals surface area contributed by atoms with Crippen LogP contribution in [0.25, 0.3) is 0 Å². The maximum absolute atomic E-state index is 12.3. The number of fused-ring (bicyclic) bond motifs is 3. The van der Waals surface area contributed by atoms with Crippen LogP contribution in [0, 0.1) is 34.0 Å². The van der Waals surface area contributed by atoms with Gasteiger partial charge in [-0.3, -0.25) is 14.4 Å². The van der Waals surface area contributed by atoms with Crippen LogP contribution in [0.4, 0.5) is 0 Å². The monoisotopic (exact) mass is 420 g/mol. The average molecular weight is 421 g/mol. The van der Waals surface area contributed by atoms with Crippen LogP contribution in [0.1, 0.15) is 85.5 Å². The highest BCUT2D eigenvalue weighted by molar-refractivity contribution is 5.75. The Hall–Kier alpha value is -1.59. The molecule has 6 nitrogen and oxygen atoms in total. The lowest BCUT2D eigenvalue weighted by Gasteiger charge is -2.63. The summed E-state index contributed by atoms with van der Waals surface area (Å²) in [4.78, 5) is 35.8. The van der Waals surface area contributed by atoms with E-state index in [0.717, 1.165) is 57.8 Å². The van der Waals surface area contributed by atoms with E-state index in [2.05, 4.69) is 6.92 Å². The zero-order valence-corrected chi connectivity index (χ0v) is 18.8. The van der Waals surface area contributed by atoms with Gasteiger partial charge < -0.3 is 14.6 Å². The fraction of sp³-hybridized carbons (Fsp3) is 0.875. The third kappa shape index (κ3) is 3.00. The van der Waals surface area contributed by atoms with Crippen molar-refractivity contribution in [2.24, 2.45) is 34.0 Å². The van der Waals surface area contributed by atoms with Crippen LogP contribution in [-0.4, -0.2) is 35.2 Å². The smallest absolute Gasteiger partial charge is 0.309 e. The van der Waals surface area contributed by atoms with E-state index in [4.69, 9.17) is 9.47 Å². The zero-order valence-electron chi connectivity index (χ0n) is 18.8. The first-order valence-electron chi connectivity index (χ1n) is 11.5. The van der Waals surface area contributed by atoms with Crippen LogP contribution in [-0.2, 0) is 23.9 Å². The highest BCUT2D eigenvalue weighted by Crippen LogP contribution is 2.73. The lowest BCUT2D eigenvalue weighted by atomic mass is 9.41. The predicted molar refractivity (Wildman–Crippen MR) is 109 cm³/mol. The van der Waals surface area contributed by atoms with Crippen molar-refractivity contribution in [3.05, 3.63) is 0 Å². The Labute approximate surface area is 179 Å². The van der Waals surface area contributed by atoms with E-state index in [1.807, 2.05) is 6.92 Å². The molecule has 4 fully saturated rings. The molecule has 0 aliphatic heterocycles. The molecule has 0 aromatic rings. The number of hydrogen-bond donors (Lipinski definition) is 1. The second-order valence-electron chi connectivity index (χ2n) is 11.2. The highest BCUT2D eigenvalue weighted by atomic mass is 16.6. The Balaban J connectivity index is 1.69. The van der Waals surface area contributed by atoms with Gasteiger partial charge in [-0.2, -0.15) is 0 Å². The lowest BCUT2D eigenvalue weighted by Crippen LogP contribution is -2.58. The summed E-state index contributed by atoms with van der Waals surface area (Å²) in [5.41, 5.74) is -1.36. The van der Waals surface area contributed by atoms with Crippen molar-refractivity contribution in [3.63, 3.8) is 0 Å². The summed E-state index contributed by atoms with van der Waals surface area (Å²) in [6, 6.07) is 0. The van der Waals surface area contributed by atoms with Gasteiger partial charge in [0.25, 0.3) is 0 Å². The SMILES string of the molecule is CC(=O)OC[C@]1(OC(C)=O)C[C@@]23CC[C@H]4[C@@](C)(CCC[C@@]4(C)C(=O)O)[C@@H]2CC[C@@H]1C3. The molecule has 0 heterocycles. The average Bonchev–Trinajstić information content (AvgIpc) is 2.86. The van der Waals surface area contributed by atoms with Gasteiger partial charge in [0.15, 0.2) is 0 Å². The van der Waals surface area contributed by atoms with E-state index in [-0.39, 0.29) is 41.2 Å². The molecule has 0 unspecified atom stereocenters. The largest absolute Gasteiger partial charge is 0.481 e. The van der Waals surface area contributed by atoms with Crippen molar-refractivity contribution < 1.29 is 29.0 Å². The second kappa shape index (κ2) is 6.96. The van der Waals surface area contributed by atoms with Crippen LogP contribution in [0.15, 0.2) is 0 Å². The van der Waals surface area contributed by atoms with Gasteiger partial charge in [0.1, 0.15) is 12.2 Å². The first-order chi connectivity index (χ1) is 14.0. The van der Waals surface area contributed by atoms with Gasteiger partial charge >= 0.3 is 17.9 Å². The number of hydrogen-bond acceptors (Lipinski definition) is 5. The minimum atomic E-state index is -0.736. The van der Waals surface area contributed by atoms with Gasteiger partial charge in [0, 0.05) is 19.8 Å². The molecule has 0 saturated heterocycles. The van der Waals surface area contributed by atoms with E-state index in [9.17, 15) is 19.5 Å². The maximum atomic E-state index is 12.3. The van der Waals surface area contributed by atoms with Crippen LogP contribution in [0.5, 0.6) is 0 Å². The van der Waals surface area contributed by atoms with E-state index in [0.29, 0.717) is 5.92 Å². The van der Waals surface area contributed by atoms with Gasteiger partial charge in [-0.1, -0.05) is 13.3 Å². The van der Waals surface area contributed by atoms with E-state index in [1.54, 1.807) is 0 Å². The Kier molecular flexibility index (Phi) is 5.02. The molecule has 6 heteroatoms. The standard InChI is InChI=1S/C24H36O6/c1-15(25)29-14-24(30-16(2)26)13-23-11-8-18-21(3,19(23)7-6-17(24)12-23)9-5-10-22(18,4)20(27)28/h17-19H,5-14H2,1-4H3,(H,27,28)/t17-,18+,19+,21-,22-,23+,24-/m1/s1. The molecule has 4 saturated carbocycles. The minimum Gasteiger partial charge on any atom is -0.481 e. The number of rotatable bonds is 4. The predicted octanol–water partition coefficient (Wildman–Crippen LogP) is 4.35. The summed E-state index contributed by atoms with van der Waals surface area (Å²) in [6.07, 6.45) is 8.36. The minimum absolute atomic E-state index is 0.0116. The molecule has 30 heavy (non-hydrogen) atoms. The van der Waals surface area contributed by atoms with Crippen molar-refractivity contribution in [1.29, 1.82) is 0 Å². The van der Waals surface area contributed by atoms with Crippen LogP contribution >= 0.6 is 0 Å². The van der Waals surface area contributed by atoms with Crippen molar-refractivity contribution in [3.8, 4) is 0 Å². The zero-order chi connectivity index (χ0) is 21.9. The number of ether oxygens (including phenoxy) is 2. The molecule has 1 spiro atoms. The van der Waals surface area contributed by atoms with Crippen molar-refractivity contribution in [1.82, 2.24) is 0 Å². The molecule has 4 aliphatic carbocycles. The van der Waals surface area contributed by atoms with Crippen LogP contribution < -0.4 is 0 Å². The van der Waals surface area contributed by atoms with Crippen molar-refractivity contribution in [2.45, 2.75) is 91.1 Å². The fourth-order valence-corrected chi connectivity index (χ4v) is 8.68. The Bertz CT molecular complexity index is 763. The molecule has 7 atom stereocenters. The van der Waals surface area contributed by atoms with Gasteiger partial charge in [-0.15, -0.1) is 0 Å². The molecule has 0 amide bonds. The van der Waals surface area contributed by atoms with Gasteiger partial charge in [-0.25, -0.2) is 0 Å². The quantitative estimate of drug-likeness (QED) is 0.680. The lowest BCUT2D eigenvalue weighted by molar-refractivity contribution is -0.183. The molecule has 4 aliphatic rings. The maximum Gasteiger partial charge on any atom is 0.309 e. The van der Waals surface area contributed by atoms with Crippen molar-refractivity contribution in [2.75, 3.05) is 6.61 Å². The molecule has 1 N–H and O–H groups in total. The third-order valence-electron chi connectivity index (χ3n) is 9.65. The molecule has 0 aromatic heterocycles. The molecule has 2 bridgehead atoms. The summed E-state index contributed by atoms with van der Waals surface area (Å²) >= 11 is 0. The van der Waals surface area contributed by atoms with Gasteiger partial charge in [0.05, 0.1) is 5.41 Å². The normalized spacial score (nSPS) is 47.0. The first-order valence-corrected chi connectivity index (χ1v) is 11.5. The van der Waals surface area contributed by atoms with E-state index in [1.165, 1.54) is 13.8 Å². The van der Waals surface area contributed by atoms with Crippen LogP contribution in [0.2, 0.25) is 0 Å². The second-order valence-corrected chi connectivity index (χ2v) is 11.2. The molecule has 0 radical (unpaired) electrons. The molecular formula is C24H36O6. The number of carbonyl (C=O) groups excluding carboxylic acids is 2. The Morgan fingerprint density at radius 3 is 2.33 bits per heavy atom. The van der Waals surface area contributed by atoms with Gasteiger partial charge in [0.2, 0.25) is 0 Å². The first kappa shape index (κ1) is 21.6. The summed E-state index contributed by atoms with van der Waals surface area (Å²) < 4.78 is 11.4. The molecule has 0 aromatic carbocycles. The molecule has 4 rings (SSSR count). The van der Waals surface area contributed by atoms with Gasteiger partial charge in [-0.05, 0) is 81.0 Å². The fourth-order valence-electron chi connectivity index (χ4n) is 8.68. The summed E-state index contributed by atoms with van der Waals surface area (Å²) in [6.45, 7) is 7.25. The Morgan fingerprint density at radius 1 is 0.967 bits per heavy atom. The Morgan fingerprint density at radius 2 is 1.70 bits per heavy atom. The highest BCUT2D eigenvalue weighted by Gasteiger charge is 2.69.